The van der Waals surface area contributed by atoms with Crippen molar-refractivity contribution >= 4 is 30.4 Å². The number of pyridine rings is 1. The standard InChI is InChI=1S/C27H21N3/c1-2-9-27(24-8-4-16-28-19-24)22(5-1)13-15-26-18-25(29-30-26)14-11-20-10-12-21-6-3-7-23(21)17-20/h1-6,8-19H,7H2,(H,29,30)/b14-11+,15-13+. The highest BCUT2D eigenvalue weighted by molar-refractivity contribution is 5.80. The first-order chi connectivity index (χ1) is 14.8. The van der Waals surface area contributed by atoms with E-state index in [0.29, 0.717) is 0 Å². The molecule has 144 valence electrons. The molecule has 0 radical (unpaired) electrons. The number of aromatic amines is 1. The largest absolute Gasteiger partial charge is 0.278 e. The SMILES string of the molecule is C1=Cc2ccc(/C=C/c3cc(/C=C/c4ccccc4-c4cccnc4)[nH]n3)cc2C1. The summed E-state index contributed by atoms with van der Waals surface area (Å²) in [6.45, 7) is 0. The molecule has 0 aliphatic heterocycles. The van der Waals surface area contributed by atoms with Gasteiger partial charge in [0, 0.05) is 18.0 Å². The molecule has 0 bridgehead atoms. The maximum absolute atomic E-state index is 4.41. The van der Waals surface area contributed by atoms with E-state index in [1.165, 1.54) is 16.7 Å². The molecule has 30 heavy (non-hydrogen) atoms. The first-order valence-electron chi connectivity index (χ1n) is 10.1. The van der Waals surface area contributed by atoms with Crippen LogP contribution in [0, 0.1) is 0 Å². The van der Waals surface area contributed by atoms with Crippen LogP contribution >= 0.6 is 0 Å². The zero-order valence-corrected chi connectivity index (χ0v) is 16.5. The third kappa shape index (κ3) is 3.91. The number of H-pyrrole nitrogens is 1. The summed E-state index contributed by atoms with van der Waals surface area (Å²) in [5.41, 5.74) is 9.19. The van der Waals surface area contributed by atoms with Gasteiger partial charge in [-0.3, -0.25) is 10.1 Å². The quantitative estimate of drug-likeness (QED) is 0.431. The van der Waals surface area contributed by atoms with Gasteiger partial charge in [0.1, 0.15) is 0 Å². The zero-order valence-electron chi connectivity index (χ0n) is 16.5. The van der Waals surface area contributed by atoms with Gasteiger partial charge in [-0.05, 0) is 58.5 Å². The van der Waals surface area contributed by atoms with Crippen molar-refractivity contribution in [2.45, 2.75) is 6.42 Å². The van der Waals surface area contributed by atoms with Crippen molar-refractivity contribution in [3.8, 4) is 11.1 Å². The Balaban J connectivity index is 1.33. The zero-order chi connectivity index (χ0) is 20.2. The van der Waals surface area contributed by atoms with E-state index in [1.807, 2.05) is 30.5 Å². The average molecular weight is 387 g/mol. The predicted molar refractivity (Wildman–Crippen MR) is 125 cm³/mol. The Morgan fingerprint density at radius 2 is 1.83 bits per heavy atom. The van der Waals surface area contributed by atoms with Gasteiger partial charge in [0.2, 0.25) is 0 Å². The van der Waals surface area contributed by atoms with Crippen LogP contribution in [-0.4, -0.2) is 15.2 Å². The number of hydrogen-bond donors (Lipinski definition) is 1. The Labute approximate surface area is 176 Å². The van der Waals surface area contributed by atoms with Gasteiger partial charge in [-0.1, -0.05) is 72.8 Å². The van der Waals surface area contributed by atoms with Crippen molar-refractivity contribution in [3.05, 3.63) is 113 Å². The monoisotopic (exact) mass is 387 g/mol. The number of aromatic nitrogens is 3. The van der Waals surface area contributed by atoms with Crippen LogP contribution in [-0.2, 0) is 6.42 Å². The molecule has 3 heteroatoms. The van der Waals surface area contributed by atoms with Crippen LogP contribution in [0.1, 0.15) is 33.6 Å². The molecule has 3 nitrogen and oxygen atoms in total. The van der Waals surface area contributed by atoms with Crippen molar-refractivity contribution in [1.82, 2.24) is 15.2 Å². The number of hydrogen-bond acceptors (Lipinski definition) is 2. The van der Waals surface area contributed by atoms with Crippen LogP contribution in [0.3, 0.4) is 0 Å². The topological polar surface area (TPSA) is 41.6 Å². The molecule has 0 unspecified atom stereocenters. The Bertz CT molecular complexity index is 1260. The van der Waals surface area contributed by atoms with Crippen molar-refractivity contribution in [1.29, 1.82) is 0 Å². The Kier molecular flexibility index (Phi) is 4.93. The summed E-state index contributed by atoms with van der Waals surface area (Å²) in [5, 5.41) is 7.51. The summed E-state index contributed by atoms with van der Waals surface area (Å²) in [4.78, 5) is 4.24. The molecule has 0 fully saturated rings. The molecule has 0 atom stereocenters. The fourth-order valence-corrected chi connectivity index (χ4v) is 3.69. The highest BCUT2D eigenvalue weighted by Crippen LogP contribution is 2.25. The maximum Gasteiger partial charge on any atom is 0.0854 e. The van der Waals surface area contributed by atoms with E-state index in [9.17, 15) is 0 Å². The lowest BCUT2D eigenvalue weighted by Crippen LogP contribution is -1.83. The van der Waals surface area contributed by atoms with Crippen molar-refractivity contribution < 1.29 is 0 Å². The summed E-state index contributed by atoms with van der Waals surface area (Å²) < 4.78 is 0. The van der Waals surface area contributed by atoms with Gasteiger partial charge in [-0.2, -0.15) is 5.10 Å². The van der Waals surface area contributed by atoms with Gasteiger partial charge in [0.05, 0.1) is 11.4 Å². The molecule has 1 aliphatic rings. The molecule has 0 saturated carbocycles. The van der Waals surface area contributed by atoms with Crippen LogP contribution in [0.25, 0.3) is 41.5 Å². The van der Waals surface area contributed by atoms with Crippen LogP contribution in [0.5, 0.6) is 0 Å². The molecule has 5 rings (SSSR count). The van der Waals surface area contributed by atoms with Gasteiger partial charge >= 0.3 is 0 Å². The first-order valence-corrected chi connectivity index (χ1v) is 10.1. The lowest BCUT2D eigenvalue weighted by Gasteiger charge is -2.05. The Morgan fingerprint density at radius 1 is 0.867 bits per heavy atom. The summed E-state index contributed by atoms with van der Waals surface area (Å²) in [6, 6.07) is 21.0. The summed E-state index contributed by atoms with van der Waals surface area (Å²) in [6.07, 6.45) is 17.4. The summed E-state index contributed by atoms with van der Waals surface area (Å²) >= 11 is 0. The third-order valence-corrected chi connectivity index (χ3v) is 5.24. The fourth-order valence-electron chi connectivity index (χ4n) is 3.69. The maximum atomic E-state index is 4.41. The number of fused-ring (bicyclic) bond motifs is 1. The number of nitrogens with one attached hydrogen (secondary N) is 1. The molecule has 4 aromatic rings. The van der Waals surface area contributed by atoms with E-state index in [4.69, 9.17) is 0 Å². The van der Waals surface area contributed by atoms with Crippen molar-refractivity contribution in [2.75, 3.05) is 0 Å². The van der Waals surface area contributed by atoms with Gasteiger partial charge in [0.15, 0.2) is 0 Å². The molecule has 2 aromatic carbocycles. The fraction of sp³-hybridized carbons (Fsp3) is 0.0370. The molecule has 1 aliphatic carbocycles. The van der Waals surface area contributed by atoms with E-state index in [-0.39, 0.29) is 0 Å². The van der Waals surface area contributed by atoms with Crippen LogP contribution in [0.4, 0.5) is 0 Å². The molecule has 1 N–H and O–H groups in total. The number of nitrogens with zero attached hydrogens (tertiary/aromatic N) is 2. The van der Waals surface area contributed by atoms with Crippen molar-refractivity contribution in [2.24, 2.45) is 0 Å². The van der Waals surface area contributed by atoms with E-state index >= 15 is 0 Å². The Hall–Kier alpha value is -3.98. The van der Waals surface area contributed by atoms with Gasteiger partial charge in [-0.15, -0.1) is 0 Å². The highest BCUT2D eigenvalue weighted by Gasteiger charge is 2.05. The minimum atomic E-state index is 0.911. The van der Waals surface area contributed by atoms with Gasteiger partial charge < -0.3 is 0 Å². The van der Waals surface area contributed by atoms with Crippen LogP contribution in [0.2, 0.25) is 0 Å². The molecule has 2 heterocycles. The number of rotatable bonds is 5. The lowest BCUT2D eigenvalue weighted by atomic mass is 10.0. The molecule has 0 saturated heterocycles. The van der Waals surface area contributed by atoms with Gasteiger partial charge in [-0.25, -0.2) is 0 Å². The van der Waals surface area contributed by atoms with E-state index < -0.39 is 0 Å². The van der Waals surface area contributed by atoms with E-state index in [2.05, 4.69) is 88.0 Å². The lowest BCUT2D eigenvalue weighted by molar-refractivity contribution is 1.07. The van der Waals surface area contributed by atoms with Gasteiger partial charge in [0.25, 0.3) is 0 Å². The minimum absolute atomic E-state index is 0.911. The molecule has 0 spiro atoms. The Morgan fingerprint density at radius 3 is 2.77 bits per heavy atom. The number of benzene rings is 2. The second kappa shape index (κ2) is 8.18. The number of allylic oxidation sites excluding steroid dienone is 1. The normalized spacial score (nSPS) is 12.8. The third-order valence-electron chi connectivity index (χ3n) is 5.24. The van der Waals surface area contributed by atoms with Crippen LogP contribution < -0.4 is 0 Å². The molecular formula is C27H21N3. The average Bonchev–Trinajstić information content (AvgIpc) is 3.46. The summed E-state index contributed by atoms with van der Waals surface area (Å²) in [5.74, 6) is 0. The molecular weight excluding hydrogens is 366 g/mol. The highest BCUT2D eigenvalue weighted by atomic mass is 15.1. The second-order valence-electron chi connectivity index (χ2n) is 7.31. The first kappa shape index (κ1) is 18.1. The van der Waals surface area contributed by atoms with Crippen LogP contribution in [0.15, 0.2) is 79.1 Å². The molecule has 0 amide bonds. The molecule has 2 aromatic heterocycles. The van der Waals surface area contributed by atoms with E-state index in [0.717, 1.165) is 34.5 Å². The summed E-state index contributed by atoms with van der Waals surface area (Å²) in [7, 11) is 0. The minimum Gasteiger partial charge on any atom is -0.278 e. The second-order valence-corrected chi connectivity index (χ2v) is 7.31. The predicted octanol–water partition coefficient (Wildman–Crippen LogP) is 6.38. The van der Waals surface area contributed by atoms with Crippen molar-refractivity contribution in [3.63, 3.8) is 0 Å². The van der Waals surface area contributed by atoms with E-state index in [1.54, 1.807) is 6.20 Å². The smallest absolute Gasteiger partial charge is 0.0854 e.